The smallest absolute Gasteiger partial charge is 0.408 e. The Bertz CT molecular complexity index is 846. The number of halogens is 3. The van der Waals surface area contributed by atoms with Crippen LogP contribution in [0.15, 0.2) is 23.8 Å². The van der Waals surface area contributed by atoms with Gasteiger partial charge in [-0.25, -0.2) is 13.6 Å². The van der Waals surface area contributed by atoms with Gasteiger partial charge in [-0.2, -0.15) is 0 Å². The maximum Gasteiger partial charge on any atom is 0.408 e. The van der Waals surface area contributed by atoms with Crippen LogP contribution in [0, 0.1) is 23.0 Å². The number of rotatable bonds is 3. The minimum Gasteiger partial charge on any atom is -0.465 e. The zero-order valence-electron chi connectivity index (χ0n) is 15.3. The molecule has 1 aliphatic carbocycles. The summed E-state index contributed by atoms with van der Waals surface area (Å²) in [7, 11) is 0. The largest absolute Gasteiger partial charge is 0.465 e. The van der Waals surface area contributed by atoms with Crippen LogP contribution in [0.2, 0.25) is 5.02 Å². The lowest BCUT2D eigenvalue weighted by Gasteiger charge is -2.44. The van der Waals surface area contributed by atoms with Gasteiger partial charge in [0.2, 0.25) is 0 Å². The van der Waals surface area contributed by atoms with E-state index >= 15 is 0 Å². The van der Waals surface area contributed by atoms with Crippen LogP contribution in [-0.2, 0) is 4.79 Å². The Morgan fingerprint density at radius 3 is 2.41 bits per heavy atom. The summed E-state index contributed by atoms with van der Waals surface area (Å²) in [5.74, 6) is -2.35. The second-order valence-electron chi connectivity index (χ2n) is 8.08. The summed E-state index contributed by atoms with van der Waals surface area (Å²) in [5.41, 5.74) is -1.73. The Labute approximate surface area is 161 Å². The molecule has 27 heavy (non-hydrogen) atoms. The van der Waals surface area contributed by atoms with Crippen molar-refractivity contribution in [3.63, 3.8) is 0 Å². The number of carbonyl (C=O) groups excluding carboxylic acids is 1. The van der Waals surface area contributed by atoms with Gasteiger partial charge in [0.15, 0.2) is 0 Å². The summed E-state index contributed by atoms with van der Waals surface area (Å²) >= 11 is 5.70. The fourth-order valence-electron chi connectivity index (χ4n) is 3.60. The molecule has 2 aliphatic rings. The van der Waals surface area contributed by atoms with E-state index in [0.29, 0.717) is 6.07 Å². The first kappa shape index (κ1) is 19.6. The molecule has 1 unspecified atom stereocenters. The third-order valence-corrected chi connectivity index (χ3v) is 5.53. The fraction of sp³-hybridized carbons (Fsp3) is 0.474. The van der Waals surface area contributed by atoms with Crippen molar-refractivity contribution in [2.75, 3.05) is 11.9 Å². The summed E-state index contributed by atoms with van der Waals surface area (Å²) in [6.45, 7) is 5.39. The molecule has 0 bridgehead atoms. The van der Waals surface area contributed by atoms with E-state index in [1.807, 2.05) is 0 Å². The maximum atomic E-state index is 14.1. The number of nitrogens with zero attached hydrogens (tertiary/aromatic N) is 1. The number of amides is 2. The van der Waals surface area contributed by atoms with E-state index in [1.54, 1.807) is 26.8 Å². The highest BCUT2D eigenvalue weighted by atomic mass is 35.5. The maximum absolute atomic E-state index is 14.1. The molecule has 3 rings (SSSR count). The lowest BCUT2D eigenvalue weighted by Crippen LogP contribution is -2.62. The molecule has 2 amide bonds. The Balaban J connectivity index is 2.05. The fourth-order valence-corrected chi connectivity index (χ4v) is 3.77. The quantitative estimate of drug-likeness (QED) is 0.574. The van der Waals surface area contributed by atoms with Crippen LogP contribution in [0.3, 0.4) is 0 Å². The molecular weight excluding hydrogens is 378 g/mol. The van der Waals surface area contributed by atoms with Gasteiger partial charge in [0.25, 0.3) is 5.91 Å². The highest BCUT2D eigenvalue weighted by Gasteiger charge is 2.57. The van der Waals surface area contributed by atoms with Gasteiger partial charge in [-0.1, -0.05) is 32.4 Å². The SMILES string of the molecule is CC(C)(C)C1(C(=O)Nc2cc(Cl)c(F)cc2F)C=C(C2CC2)CN1C(=O)O. The highest BCUT2D eigenvalue weighted by Crippen LogP contribution is 2.48. The monoisotopic (exact) mass is 398 g/mol. The van der Waals surface area contributed by atoms with E-state index in [9.17, 15) is 23.5 Å². The lowest BCUT2D eigenvalue weighted by molar-refractivity contribution is -0.128. The van der Waals surface area contributed by atoms with Crippen molar-refractivity contribution in [1.82, 2.24) is 4.90 Å². The van der Waals surface area contributed by atoms with Gasteiger partial charge in [0.1, 0.15) is 17.2 Å². The summed E-state index contributed by atoms with van der Waals surface area (Å²) < 4.78 is 27.5. The predicted molar refractivity (Wildman–Crippen MR) is 97.7 cm³/mol. The third kappa shape index (κ3) is 3.29. The molecule has 0 saturated heterocycles. The molecule has 5 nitrogen and oxygen atoms in total. The molecule has 1 saturated carbocycles. The molecule has 2 N–H and O–H groups in total. The summed E-state index contributed by atoms with van der Waals surface area (Å²) in [4.78, 5) is 26.3. The van der Waals surface area contributed by atoms with Crippen molar-refractivity contribution in [3.8, 4) is 0 Å². The number of carboxylic acid groups (broad SMARTS) is 1. The minimum absolute atomic E-state index is 0.136. The van der Waals surface area contributed by atoms with Gasteiger partial charge in [0.05, 0.1) is 10.7 Å². The average molecular weight is 399 g/mol. The van der Waals surface area contributed by atoms with E-state index in [0.717, 1.165) is 29.4 Å². The van der Waals surface area contributed by atoms with E-state index in [4.69, 9.17) is 11.6 Å². The standard InChI is InChI=1S/C19H21ClF2N2O3/c1-18(2,3)19(8-11(10-4-5-10)9-24(19)17(26)27)16(25)23-15-6-12(20)13(21)7-14(15)22/h6-8,10H,4-5,9H2,1-3H3,(H,23,25)(H,26,27). The van der Waals surface area contributed by atoms with Crippen LogP contribution in [0.25, 0.3) is 0 Å². The molecular formula is C19H21ClF2N2O3. The van der Waals surface area contributed by atoms with Crippen molar-refractivity contribution in [3.05, 3.63) is 40.4 Å². The van der Waals surface area contributed by atoms with E-state index in [1.165, 1.54) is 0 Å². The van der Waals surface area contributed by atoms with Crippen LogP contribution in [0.5, 0.6) is 0 Å². The van der Waals surface area contributed by atoms with Crippen LogP contribution in [0.4, 0.5) is 19.3 Å². The first-order valence-electron chi connectivity index (χ1n) is 8.65. The van der Waals surface area contributed by atoms with Crippen molar-refractivity contribution < 1.29 is 23.5 Å². The Morgan fingerprint density at radius 1 is 1.26 bits per heavy atom. The number of carbonyl (C=O) groups is 2. The molecule has 0 spiro atoms. The Kier molecular flexibility index (Phi) is 4.70. The van der Waals surface area contributed by atoms with E-state index in [2.05, 4.69) is 5.32 Å². The summed E-state index contributed by atoms with van der Waals surface area (Å²) in [5, 5.41) is 11.8. The van der Waals surface area contributed by atoms with Crippen LogP contribution >= 0.6 is 11.6 Å². The number of anilines is 1. The topological polar surface area (TPSA) is 69.6 Å². The number of hydrogen-bond acceptors (Lipinski definition) is 2. The second-order valence-corrected chi connectivity index (χ2v) is 8.49. The number of nitrogens with one attached hydrogen (secondary N) is 1. The highest BCUT2D eigenvalue weighted by molar-refractivity contribution is 6.31. The molecule has 1 fully saturated rings. The molecule has 1 aromatic rings. The Hall–Kier alpha value is -2.15. The Morgan fingerprint density at radius 2 is 1.89 bits per heavy atom. The molecule has 146 valence electrons. The number of benzene rings is 1. The second kappa shape index (κ2) is 6.48. The molecule has 1 aromatic carbocycles. The third-order valence-electron chi connectivity index (χ3n) is 5.24. The molecule has 0 aromatic heterocycles. The van der Waals surface area contributed by atoms with Gasteiger partial charge in [-0.05, 0) is 41.9 Å². The zero-order valence-corrected chi connectivity index (χ0v) is 16.0. The van der Waals surface area contributed by atoms with Gasteiger partial charge < -0.3 is 10.4 Å². The molecule has 8 heteroatoms. The van der Waals surface area contributed by atoms with Crippen molar-refractivity contribution in [2.24, 2.45) is 11.3 Å². The zero-order chi connectivity index (χ0) is 20.1. The van der Waals surface area contributed by atoms with Crippen molar-refractivity contribution in [1.29, 1.82) is 0 Å². The molecule has 1 aliphatic heterocycles. The first-order valence-corrected chi connectivity index (χ1v) is 9.03. The van der Waals surface area contributed by atoms with Crippen molar-refractivity contribution >= 4 is 29.3 Å². The number of hydrogen-bond donors (Lipinski definition) is 2. The predicted octanol–water partition coefficient (Wildman–Crippen LogP) is 4.67. The van der Waals surface area contributed by atoms with Gasteiger partial charge >= 0.3 is 6.09 Å². The average Bonchev–Trinajstić information content (AvgIpc) is 3.30. The summed E-state index contributed by atoms with van der Waals surface area (Å²) in [6, 6.07) is 1.56. The molecule has 1 heterocycles. The van der Waals surface area contributed by atoms with Crippen LogP contribution in [-0.4, -0.2) is 34.1 Å². The van der Waals surface area contributed by atoms with Crippen molar-refractivity contribution in [2.45, 2.75) is 39.2 Å². The summed E-state index contributed by atoms with van der Waals surface area (Å²) in [6.07, 6.45) is 2.40. The van der Waals surface area contributed by atoms with Gasteiger partial charge in [-0.3, -0.25) is 9.69 Å². The normalized spacial score (nSPS) is 22.6. The van der Waals surface area contributed by atoms with Gasteiger partial charge in [-0.15, -0.1) is 0 Å². The van der Waals surface area contributed by atoms with Crippen LogP contribution in [0.1, 0.15) is 33.6 Å². The van der Waals surface area contributed by atoms with Gasteiger partial charge in [0, 0.05) is 12.6 Å². The minimum atomic E-state index is -1.52. The van der Waals surface area contributed by atoms with E-state index < -0.39 is 34.6 Å². The first-order chi connectivity index (χ1) is 12.5. The molecule has 0 radical (unpaired) electrons. The van der Waals surface area contributed by atoms with E-state index in [-0.39, 0.29) is 23.2 Å². The van der Waals surface area contributed by atoms with Crippen LogP contribution < -0.4 is 5.32 Å². The molecule has 1 atom stereocenters. The lowest BCUT2D eigenvalue weighted by atomic mass is 9.72.